The molecule has 0 bridgehead atoms. The average Bonchev–Trinajstić information content (AvgIpc) is 2.25. The highest BCUT2D eigenvalue weighted by Gasteiger charge is 2.35. The molecular weight excluding hydrogens is 218 g/mol. The van der Waals surface area contributed by atoms with Crippen molar-refractivity contribution in [3.63, 3.8) is 0 Å². The van der Waals surface area contributed by atoms with Crippen LogP contribution >= 0.6 is 0 Å². The highest BCUT2D eigenvalue weighted by atomic mass is 19.3. The number of hydrogen-bond donors (Lipinski definition) is 1. The summed E-state index contributed by atoms with van der Waals surface area (Å²) >= 11 is 0. The highest BCUT2D eigenvalue weighted by Crippen LogP contribution is 2.29. The van der Waals surface area contributed by atoms with Gasteiger partial charge >= 0.3 is 11.9 Å². The summed E-state index contributed by atoms with van der Waals surface area (Å²) in [5.41, 5.74) is 0. The van der Waals surface area contributed by atoms with E-state index in [0.29, 0.717) is 6.92 Å². The smallest absolute Gasteiger partial charge is 0.376 e. The average molecular weight is 236 g/mol. The lowest BCUT2D eigenvalue weighted by molar-refractivity contribution is -0.171. The summed E-state index contributed by atoms with van der Waals surface area (Å²) in [7, 11) is 0. The van der Waals surface area contributed by atoms with Crippen molar-refractivity contribution in [1.82, 2.24) is 0 Å². The fraction of sp³-hybridized carbons (Fsp3) is 0.909. The summed E-state index contributed by atoms with van der Waals surface area (Å²) in [6, 6.07) is 0. The second kappa shape index (κ2) is 5.57. The number of hydrogen-bond acceptors (Lipinski definition) is 3. The molecule has 1 aliphatic carbocycles. The lowest BCUT2D eigenvalue weighted by Gasteiger charge is -2.27. The van der Waals surface area contributed by atoms with Crippen molar-refractivity contribution in [2.45, 2.75) is 38.5 Å². The molecule has 3 nitrogen and oxygen atoms in total. The molecule has 0 aliphatic heterocycles. The van der Waals surface area contributed by atoms with Gasteiger partial charge in [-0.2, -0.15) is 8.78 Å². The highest BCUT2D eigenvalue weighted by molar-refractivity contribution is 5.76. The van der Waals surface area contributed by atoms with Gasteiger partial charge in [-0.05, 0) is 31.1 Å². The van der Waals surface area contributed by atoms with Crippen molar-refractivity contribution in [2.75, 3.05) is 13.2 Å². The third-order valence-electron chi connectivity index (χ3n) is 2.96. The molecule has 1 N–H and O–H groups in total. The van der Waals surface area contributed by atoms with E-state index in [0.717, 1.165) is 25.7 Å². The predicted molar refractivity (Wildman–Crippen MR) is 54.1 cm³/mol. The Labute approximate surface area is 93.8 Å². The van der Waals surface area contributed by atoms with Crippen LogP contribution in [0.15, 0.2) is 0 Å². The van der Waals surface area contributed by atoms with Crippen molar-refractivity contribution in [3.05, 3.63) is 0 Å². The Hall–Kier alpha value is -0.710. The number of rotatable bonds is 4. The Morgan fingerprint density at radius 3 is 2.62 bits per heavy atom. The summed E-state index contributed by atoms with van der Waals surface area (Å²) in [6.45, 7) is 0.694. The number of ether oxygens (including phenoxy) is 1. The van der Waals surface area contributed by atoms with Crippen LogP contribution in [0.25, 0.3) is 0 Å². The zero-order valence-corrected chi connectivity index (χ0v) is 9.42. The van der Waals surface area contributed by atoms with Gasteiger partial charge in [-0.3, -0.25) is 0 Å². The van der Waals surface area contributed by atoms with Crippen LogP contribution in [-0.4, -0.2) is 30.2 Å². The molecule has 0 heterocycles. The van der Waals surface area contributed by atoms with E-state index in [1.165, 1.54) is 0 Å². The molecule has 2 atom stereocenters. The number of alkyl halides is 2. The number of aliphatic hydroxyl groups excluding tert-OH is 1. The van der Waals surface area contributed by atoms with Gasteiger partial charge in [0.25, 0.3) is 0 Å². The van der Waals surface area contributed by atoms with Gasteiger partial charge in [0.05, 0.1) is 6.61 Å². The first-order valence-electron chi connectivity index (χ1n) is 5.59. The number of aliphatic hydroxyl groups is 1. The molecule has 16 heavy (non-hydrogen) atoms. The van der Waals surface area contributed by atoms with E-state index in [2.05, 4.69) is 4.74 Å². The van der Waals surface area contributed by atoms with Crippen LogP contribution in [0.5, 0.6) is 0 Å². The molecule has 94 valence electrons. The molecule has 1 saturated carbocycles. The van der Waals surface area contributed by atoms with Crippen LogP contribution in [0.1, 0.15) is 32.6 Å². The Balaban J connectivity index is 2.30. The van der Waals surface area contributed by atoms with E-state index in [-0.39, 0.29) is 25.0 Å². The SMILES string of the molecule is CC(F)(F)C(=O)OCC1CCCC(CO)C1. The minimum Gasteiger partial charge on any atom is -0.461 e. The maximum absolute atomic E-state index is 12.5. The number of carbonyl (C=O) groups is 1. The molecule has 1 rings (SSSR count). The first kappa shape index (κ1) is 13.4. The van der Waals surface area contributed by atoms with Crippen molar-refractivity contribution >= 4 is 5.97 Å². The molecule has 0 aromatic heterocycles. The molecule has 2 unspecified atom stereocenters. The number of esters is 1. The lowest BCUT2D eigenvalue weighted by atomic mass is 9.82. The molecule has 0 aromatic rings. The molecular formula is C11H18F2O3. The zero-order valence-electron chi connectivity index (χ0n) is 9.42. The maximum Gasteiger partial charge on any atom is 0.376 e. The second-order valence-corrected chi connectivity index (χ2v) is 4.57. The second-order valence-electron chi connectivity index (χ2n) is 4.57. The van der Waals surface area contributed by atoms with Gasteiger partial charge in [-0.25, -0.2) is 4.79 Å². The van der Waals surface area contributed by atoms with Gasteiger partial charge in [0.15, 0.2) is 0 Å². The summed E-state index contributed by atoms with van der Waals surface area (Å²) in [6.07, 6.45) is 3.54. The molecule has 0 aromatic carbocycles. The zero-order chi connectivity index (χ0) is 12.2. The molecule has 5 heteroatoms. The fourth-order valence-corrected chi connectivity index (χ4v) is 2.04. The van der Waals surface area contributed by atoms with Crippen molar-refractivity contribution in [2.24, 2.45) is 11.8 Å². The van der Waals surface area contributed by atoms with Crippen molar-refractivity contribution < 1.29 is 23.4 Å². The lowest BCUT2D eigenvalue weighted by Crippen LogP contribution is -2.30. The molecule has 0 amide bonds. The maximum atomic E-state index is 12.5. The van der Waals surface area contributed by atoms with Gasteiger partial charge in [0.1, 0.15) is 0 Å². The van der Waals surface area contributed by atoms with Crippen LogP contribution in [0.4, 0.5) is 8.78 Å². The summed E-state index contributed by atoms with van der Waals surface area (Å²) < 4.78 is 29.6. The fourth-order valence-electron chi connectivity index (χ4n) is 2.04. The van der Waals surface area contributed by atoms with Crippen LogP contribution in [0.2, 0.25) is 0 Å². The summed E-state index contributed by atoms with van der Waals surface area (Å²) in [5, 5.41) is 8.99. The first-order valence-corrected chi connectivity index (χ1v) is 5.59. The van der Waals surface area contributed by atoms with Gasteiger partial charge in [-0.15, -0.1) is 0 Å². The van der Waals surface area contributed by atoms with Crippen molar-refractivity contribution in [1.29, 1.82) is 0 Å². The van der Waals surface area contributed by atoms with Crippen molar-refractivity contribution in [3.8, 4) is 0 Å². The third kappa shape index (κ3) is 4.04. The quantitative estimate of drug-likeness (QED) is 0.759. The van der Waals surface area contributed by atoms with E-state index in [4.69, 9.17) is 5.11 Å². The minimum absolute atomic E-state index is 0.0404. The standard InChI is InChI=1S/C11H18F2O3/c1-11(12,13)10(15)16-7-9-4-2-3-8(5-9)6-14/h8-9,14H,2-7H2,1H3. The van der Waals surface area contributed by atoms with E-state index in [1.54, 1.807) is 0 Å². The van der Waals surface area contributed by atoms with E-state index >= 15 is 0 Å². The Kier molecular flexibility index (Phi) is 4.65. The van der Waals surface area contributed by atoms with Crippen LogP contribution in [0.3, 0.4) is 0 Å². The largest absolute Gasteiger partial charge is 0.461 e. The summed E-state index contributed by atoms with van der Waals surface area (Å²) in [5.74, 6) is -4.54. The van der Waals surface area contributed by atoms with Crippen LogP contribution in [-0.2, 0) is 9.53 Å². The molecule has 1 fully saturated rings. The monoisotopic (exact) mass is 236 g/mol. The van der Waals surface area contributed by atoms with E-state index in [1.807, 2.05) is 0 Å². The normalized spacial score (nSPS) is 26.5. The number of halogens is 2. The van der Waals surface area contributed by atoms with Gasteiger partial charge in [0, 0.05) is 13.5 Å². The van der Waals surface area contributed by atoms with Gasteiger partial charge < -0.3 is 9.84 Å². The Morgan fingerprint density at radius 1 is 1.44 bits per heavy atom. The van der Waals surface area contributed by atoms with E-state index in [9.17, 15) is 13.6 Å². The summed E-state index contributed by atoms with van der Waals surface area (Å²) in [4.78, 5) is 10.8. The molecule has 1 aliphatic rings. The molecule has 0 radical (unpaired) electrons. The molecule has 0 spiro atoms. The van der Waals surface area contributed by atoms with Crippen LogP contribution in [0, 0.1) is 11.8 Å². The van der Waals surface area contributed by atoms with Crippen LogP contribution < -0.4 is 0 Å². The molecule has 0 saturated heterocycles. The van der Waals surface area contributed by atoms with Gasteiger partial charge in [0.2, 0.25) is 0 Å². The predicted octanol–water partition coefficient (Wildman–Crippen LogP) is 1.98. The van der Waals surface area contributed by atoms with Gasteiger partial charge in [-0.1, -0.05) is 6.42 Å². The topological polar surface area (TPSA) is 46.5 Å². The Morgan fingerprint density at radius 2 is 2.06 bits per heavy atom. The number of carbonyl (C=O) groups excluding carboxylic acids is 1. The first-order chi connectivity index (χ1) is 7.43. The van der Waals surface area contributed by atoms with E-state index < -0.39 is 11.9 Å². The third-order valence-corrected chi connectivity index (χ3v) is 2.96. The minimum atomic E-state index is -3.41. The Bertz CT molecular complexity index is 238.